The molecule has 0 fully saturated rings. The molecule has 7 aromatic carbocycles. The quantitative estimate of drug-likeness (QED) is 0.0529. The van der Waals surface area contributed by atoms with Crippen LogP contribution in [0.25, 0.3) is 43.1 Å². The molecule has 0 spiro atoms. The maximum absolute atomic E-state index is 17.3. The first-order valence-corrected chi connectivity index (χ1v) is 24.3. The number of alkyl halides is 18. The molecule has 0 unspecified atom stereocenters. The summed E-state index contributed by atoms with van der Waals surface area (Å²) in [4.78, 5) is 60.9. The number of fused-ring (bicyclic) bond motifs is 2. The summed E-state index contributed by atoms with van der Waals surface area (Å²) in [5, 5.41) is -11.4. The summed E-state index contributed by atoms with van der Waals surface area (Å²) in [6.07, 6.45) is -15.0. The standard InChI is InChI=1S/C56H40F18N2O4/c1-21(2)25-11-9-12-26(22(3)4)43(25)75-45(77)31-17-15-29-40-36(50(59,60)52(63,64)54(67,68)56(72,73)74)20-34-38-32(46(78)76(48(34)80)44-27(23(5)6)13-10-14-28(44)24(7)8)18-16-30(42(38)40)39-35(19-33(47(75)79)37(31)41(29)39)49(57,58)51(61,62)53(65,66)55(69,70)71/h9-24H,1-8H3. The van der Waals surface area contributed by atoms with Crippen LogP contribution in [0.15, 0.2) is 72.8 Å². The van der Waals surface area contributed by atoms with E-state index in [0.29, 0.717) is 34.1 Å². The number of carbonyl (C=O) groups excluding carboxylic acids is 4. The van der Waals surface area contributed by atoms with Gasteiger partial charge in [0.25, 0.3) is 23.6 Å². The highest BCUT2D eigenvalue weighted by Crippen LogP contribution is 2.63. The lowest BCUT2D eigenvalue weighted by atomic mass is 9.76. The molecule has 0 atom stereocenters. The Labute approximate surface area is 440 Å². The molecule has 0 saturated carbocycles. The maximum atomic E-state index is 17.3. The molecule has 424 valence electrons. The Bertz CT molecular complexity index is 3540. The van der Waals surface area contributed by atoms with Gasteiger partial charge in [0, 0.05) is 54.9 Å². The van der Waals surface area contributed by atoms with Crippen molar-refractivity contribution in [2.75, 3.05) is 9.80 Å². The van der Waals surface area contributed by atoms with E-state index >= 15 is 62.3 Å². The van der Waals surface area contributed by atoms with Crippen LogP contribution in [-0.2, 0) is 11.8 Å². The van der Waals surface area contributed by atoms with E-state index in [4.69, 9.17) is 0 Å². The minimum atomic E-state index is -7.70. The van der Waals surface area contributed by atoms with Gasteiger partial charge in [0.15, 0.2) is 0 Å². The maximum Gasteiger partial charge on any atom is 0.460 e. The Morgan fingerprint density at radius 3 is 0.838 bits per heavy atom. The van der Waals surface area contributed by atoms with Gasteiger partial charge < -0.3 is 0 Å². The van der Waals surface area contributed by atoms with E-state index in [9.17, 15) is 35.9 Å². The van der Waals surface area contributed by atoms with Gasteiger partial charge in [0.05, 0.1) is 11.4 Å². The predicted octanol–water partition coefficient (Wildman–Crippen LogP) is 17.7. The second-order valence-electron chi connectivity index (χ2n) is 21.0. The highest BCUT2D eigenvalue weighted by molar-refractivity contribution is 6.46. The Morgan fingerprint density at radius 2 is 0.588 bits per heavy atom. The third-order valence-electron chi connectivity index (χ3n) is 14.9. The smallest absolute Gasteiger partial charge is 0.268 e. The largest absolute Gasteiger partial charge is 0.460 e. The number of hydrogen-bond acceptors (Lipinski definition) is 4. The van der Waals surface area contributed by atoms with Gasteiger partial charge in [-0.1, -0.05) is 104 Å². The summed E-state index contributed by atoms with van der Waals surface area (Å²) in [6.45, 7) is 12.5. The van der Waals surface area contributed by atoms with Crippen molar-refractivity contribution in [2.24, 2.45) is 0 Å². The summed E-state index contributed by atoms with van der Waals surface area (Å²) < 4.78 is 278. The molecule has 0 aliphatic carbocycles. The number of imide groups is 2. The second kappa shape index (κ2) is 17.7. The van der Waals surface area contributed by atoms with E-state index in [1.54, 1.807) is 55.4 Å². The van der Waals surface area contributed by atoms with Gasteiger partial charge in [-0.25, -0.2) is 9.80 Å². The zero-order valence-electron chi connectivity index (χ0n) is 42.6. The molecule has 2 heterocycles. The zero-order chi connectivity index (χ0) is 59.8. The fourth-order valence-corrected chi connectivity index (χ4v) is 11.0. The molecule has 0 aromatic heterocycles. The predicted molar refractivity (Wildman–Crippen MR) is 259 cm³/mol. The van der Waals surface area contributed by atoms with Crippen molar-refractivity contribution >= 4 is 78.1 Å². The lowest BCUT2D eigenvalue weighted by Gasteiger charge is -2.38. The molecule has 2 aliphatic rings. The molecule has 9 rings (SSSR count). The van der Waals surface area contributed by atoms with Gasteiger partial charge in [0.2, 0.25) is 0 Å². The van der Waals surface area contributed by atoms with Crippen molar-refractivity contribution in [3.8, 4) is 0 Å². The molecule has 7 aromatic rings. The molecule has 6 nitrogen and oxygen atoms in total. The van der Waals surface area contributed by atoms with E-state index in [1.807, 2.05) is 0 Å². The minimum absolute atomic E-state index is 0.168. The number of rotatable bonds is 12. The normalized spacial score (nSPS) is 15.6. The topological polar surface area (TPSA) is 74.8 Å². The third-order valence-corrected chi connectivity index (χ3v) is 14.9. The van der Waals surface area contributed by atoms with Crippen LogP contribution in [0, 0.1) is 0 Å². The Kier molecular flexibility index (Phi) is 12.7. The van der Waals surface area contributed by atoms with E-state index in [0.717, 1.165) is 0 Å². The van der Waals surface area contributed by atoms with Gasteiger partial charge >= 0.3 is 47.9 Å². The number of para-hydroxylation sites is 2. The lowest BCUT2D eigenvalue weighted by molar-refractivity contribution is -0.399. The number of halogens is 18. The van der Waals surface area contributed by atoms with Crippen molar-refractivity contribution in [2.45, 2.75) is 127 Å². The van der Waals surface area contributed by atoms with Crippen molar-refractivity contribution in [3.63, 3.8) is 0 Å². The summed E-state index contributed by atoms with van der Waals surface area (Å²) in [5.74, 6) is -53.5. The summed E-state index contributed by atoms with van der Waals surface area (Å²) in [5.41, 5.74) is -9.84. The Balaban J connectivity index is 1.55. The van der Waals surface area contributed by atoms with Gasteiger partial charge in [0.1, 0.15) is 0 Å². The number of nitrogens with zero attached hydrogens (tertiary/aromatic N) is 2. The second-order valence-corrected chi connectivity index (χ2v) is 21.0. The van der Waals surface area contributed by atoms with Gasteiger partial charge in [-0.05, 0) is 91.7 Å². The average molecular weight is 1150 g/mol. The first-order chi connectivity index (χ1) is 36.6. The van der Waals surface area contributed by atoms with Crippen LogP contribution in [0.1, 0.15) is 154 Å². The van der Waals surface area contributed by atoms with Gasteiger partial charge in [-0.3, -0.25) is 19.2 Å². The molecule has 0 saturated heterocycles. The molecular weight excluding hydrogens is 1110 g/mol. The number of carbonyl (C=O) groups is 4. The molecule has 0 bridgehead atoms. The average Bonchev–Trinajstić information content (AvgIpc) is 3.56. The van der Waals surface area contributed by atoms with Gasteiger partial charge in [-0.2, -0.15) is 79.0 Å². The van der Waals surface area contributed by atoms with Gasteiger partial charge in [-0.15, -0.1) is 0 Å². The van der Waals surface area contributed by atoms with Crippen molar-refractivity contribution in [3.05, 3.63) is 128 Å². The number of amides is 4. The van der Waals surface area contributed by atoms with E-state index < -0.39 is 172 Å². The van der Waals surface area contributed by atoms with Crippen molar-refractivity contribution < 1.29 is 98.2 Å². The number of anilines is 2. The Hall–Kier alpha value is -7.14. The van der Waals surface area contributed by atoms with Crippen LogP contribution in [0.3, 0.4) is 0 Å². The fourth-order valence-electron chi connectivity index (χ4n) is 11.0. The molecule has 4 amide bonds. The summed E-state index contributed by atoms with van der Waals surface area (Å²) in [6, 6.07) is 9.99. The monoisotopic (exact) mass is 1150 g/mol. The Morgan fingerprint density at radius 1 is 0.325 bits per heavy atom. The molecule has 0 N–H and O–H groups in total. The highest BCUT2D eigenvalue weighted by atomic mass is 19.4. The molecular formula is C56H40F18N2O4. The fraction of sp³-hybridized carbons (Fsp3) is 0.357. The van der Waals surface area contributed by atoms with Crippen LogP contribution in [0.4, 0.5) is 90.4 Å². The van der Waals surface area contributed by atoms with E-state index in [1.165, 1.54) is 36.4 Å². The molecule has 24 heteroatoms. The summed E-state index contributed by atoms with van der Waals surface area (Å²) >= 11 is 0. The highest BCUT2D eigenvalue weighted by Gasteiger charge is 2.83. The lowest BCUT2D eigenvalue weighted by Crippen LogP contribution is -2.59. The minimum Gasteiger partial charge on any atom is -0.268 e. The van der Waals surface area contributed by atoms with Crippen LogP contribution < -0.4 is 9.80 Å². The SMILES string of the molecule is CC(C)c1cccc(C(C)C)c1N1C(=O)c2ccc3c4c(C(F)(F)C(F)(F)C(F)(F)C(F)(F)F)cc5c6c(ccc(c7c(C(F)(F)C(F)(F)C(F)(F)C(F)(F)F)cc(c2c37)C1=O)c64)C(=O)N(c1c(C(C)C)cccc1C(C)C)C5=O. The zero-order valence-corrected chi connectivity index (χ0v) is 42.6. The number of benzene rings is 7. The first-order valence-electron chi connectivity index (χ1n) is 24.3. The first kappa shape index (κ1) is 57.5. The van der Waals surface area contributed by atoms with Crippen LogP contribution >= 0.6 is 0 Å². The molecule has 80 heavy (non-hydrogen) atoms. The van der Waals surface area contributed by atoms with Crippen molar-refractivity contribution in [1.29, 1.82) is 0 Å². The van der Waals surface area contributed by atoms with Crippen molar-refractivity contribution in [1.82, 2.24) is 0 Å². The molecule has 0 radical (unpaired) electrons. The van der Waals surface area contributed by atoms with Crippen LogP contribution in [0.2, 0.25) is 0 Å². The van der Waals surface area contributed by atoms with Crippen LogP contribution in [-0.4, -0.2) is 59.7 Å². The third kappa shape index (κ3) is 7.35. The van der Waals surface area contributed by atoms with E-state index in [-0.39, 0.29) is 45.8 Å². The van der Waals surface area contributed by atoms with Crippen LogP contribution in [0.5, 0.6) is 0 Å². The number of hydrogen-bond donors (Lipinski definition) is 0. The van der Waals surface area contributed by atoms with E-state index in [2.05, 4.69) is 0 Å². The molecule has 2 aliphatic heterocycles. The summed E-state index contributed by atoms with van der Waals surface area (Å²) in [7, 11) is 0.